The lowest BCUT2D eigenvalue weighted by Gasteiger charge is -2.40. The van der Waals surface area contributed by atoms with Crippen molar-refractivity contribution in [2.75, 3.05) is 40.6 Å². The summed E-state index contributed by atoms with van der Waals surface area (Å²) < 4.78 is 52.0. The van der Waals surface area contributed by atoms with Crippen molar-refractivity contribution in [3.05, 3.63) is 47.5 Å². The average Bonchev–Trinajstić information content (AvgIpc) is 3.77. The van der Waals surface area contributed by atoms with Crippen LogP contribution in [0.2, 0.25) is 0 Å². The Morgan fingerprint density at radius 3 is 1.59 bits per heavy atom. The van der Waals surface area contributed by atoms with Gasteiger partial charge in [0, 0.05) is 18.3 Å². The largest absolute Gasteiger partial charge is 0.493 e. The van der Waals surface area contributed by atoms with E-state index in [1.807, 2.05) is 13.8 Å². The summed E-state index contributed by atoms with van der Waals surface area (Å²) in [4.78, 5) is 12.1. The summed E-state index contributed by atoms with van der Waals surface area (Å²) in [5.74, 6) is 0.503. The first-order valence-corrected chi connectivity index (χ1v) is 17.9. The highest BCUT2D eigenvalue weighted by Gasteiger charge is 2.50. The monoisotopic (exact) mass is 766 g/mol. The molecule has 300 valence electrons. The van der Waals surface area contributed by atoms with Gasteiger partial charge >= 0.3 is 5.97 Å². The van der Waals surface area contributed by atoms with Crippen molar-refractivity contribution in [3.63, 3.8) is 0 Å². The van der Waals surface area contributed by atoms with Crippen LogP contribution in [0.4, 0.5) is 0 Å². The normalized spacial score (nSPS) is 36.4. The van der Waals surface area contributed by atoms with Gasteiger partial charge in [-0.25, -0.2) is 0 Å². The van der Waals surface area contributed by atoms with Gasteiger partial charge in [-0.15, -0.1) is 0 Å². The van der Waals surface area contributed by atoms with Crippen molar-refractivity contribution < 1.29 is 83.2 Å². The molecule has 0 spiro atoms. The topological polar surface area (TPSA) is 242 Å². The third kappa shape index (κ3) is 8.27. The van der Waals surface area contributed by atoms with Gasteiger partial charge in [0.25, 0.3) is 0 Å². The molecule has 0 amide bonds. The lowest BCUT2D eigenvalue weighted by molar-refractivity contribution is -0.278. The number of hydrogen-bond donors (Lipinski definition) is 7. The van der Waals surface area contributed by atoms with Crippen LogP contribution < -0.4 is 18.9 Å². The van der Waals surface area contributed by atoms with E-state index in [9.17, 15) is 40.5 Å². The van der Waals surface area contributed by atoms with Crippen molar-refractivity contribution in [2.45, 2.75) is 93.9 Å². The van der Waals surface area contributed by atoms with Gasteiger partial charge in [0.15, 0.2) is 23.0 Å². The highest BCUT2D eigenvalue weighted by Crippen LogP contribution is 2.52. The first-order chi connectivity index (χ1) is 25.8. The van der Waals surface area contributed by atoms with Crippen LogP contribution in [-0.2, 0) is 28.5 Å². The van der Waals surface area contributed by atoms with Crippen molar-refractivity contribution in [1.82, 2.24) is 0 Å². The van der Waals surface area contributed by atoms with Crippen molar-refractivity contribution >= 4 is 5.97 Å². The minimum Gasteiger partial charge on any atom is -0.493 e. The fraction of sp³-hybridized carbons (Fsp3) is 0.649. The summed E-state index contributed by atoms with van der Waals surface area (Å²) in [6.07, 6.45) is -15.1. The quantitative estimate of drug-likeness (QED) is 0.130. The number of fused-ring (bicyclic) bond motifs is 1. The zero-order chi connectivity index (χ0) is 38.8. The van der Waals surface area contributed by atoms with Gasteiger partial charge in [0.05, 0.1) is 46.2 Å². The second kappa shape index (κ2) is 17.2. The molecule has 0 aromatic heterocycles. The molecule has 4 heterocycles. The Morgan fingerprint density at radius 2 is 1.15 bits per heavy atom. The molecule has 54 heavy (non-hydrogen) atoms. The molecule has 14 atom stereocenters. The summed E-state index contributed by atoms with van der Waals surface area (Å²) in [6, 6.07) is 10.3. The number of aliphatic hydroxyl groups is 7. The van der Waals surface area contributed by atoms with E-state index in [0.29, 0.717) is 24.7 Å². The Hall–Kier alpha value is -3.33. The molecule has 17 heteroatoms. The lowest BCUT2D eigenvalue weighted by atomic mass is 9.85. The first kappa shape index (κ1) is 40.3. The van der Waals surface area contributed by atoms with Gasteiger partial charge in [-0.3, -0.25) is 4.79 Å². The summed E-state index contributed by atoms with van der Waals surface area (Å²) in [5.41, 5.74) is 1.57. The molecule has 4 aliphatic rings. The van der Waals surface area contributed by atoms with Crippen molar-refractivity contribution in [3.8, 4) is 23.0 Å². The third-order valence-corrected chi connectivity index (χ3v) is 10.3. The smallest absolute Gasteiger partial charge is 0.306 e. The molecule has 2 aromatic rings. The number of esters is 1. The predicted octanol–water partition coefficient (Wildman–Crippen LogP) is -0.267. The van der Waals surface area contributed by atoms with Crippen LogP contribution in [-0.4, -0.2) is 144 Å². The molecule has 0 radical (unpaired) electrons. The Labute approximate surface area is 311 Å². The van der Waals surface area contributed by atoms with E-state index in [1.54, 1.807) is 36.4 Å². The van der Waals surface area contributed by atoms with Crippen molar-refractivity contribution in [1.29, 1.82) is 0 Å². The molecule has 2 aromatic carbocycles. The molecule has 17 nitrogen and oxygen atoms in total. The third-order valence-electron chi connectivity index (χ3n) is 10.3. The molecule has 6 rings (SSSR count). The molecule has 0 aliphatic carbocycles. The minimum atomic E-state index is -1.63. The molecular weight excluding hydrogens is 716 g/mol. The van der Waals surface area contributed by atoms with E-state index < -0.39 is 74.0 Å². The molecule has 4 saturated heterocycles. The molecule has 0 saturated carbocycles. The van der Waals surface area contributed by atoms with E-state index in [4.69, 9.17) is 42.6 Å². The SMILES string of the molecule is COc1cc([C@H]2OC[C@H]3[C@@H]2CO[C@@H]3c2ccc(O[C@H]3O[C@@H](COC(=O)CC(C)C)[C@H](O)[C@@H](O)[C@@H]3O)c(OC)c2)ccc1O[C@H]1O[C@@H](CO)[C@H](O)[C@@H](O)[C@@H]1O. The maximum Gasteiger partial charge on any atom is 0.306 e. The van der Waals surface area contributed by atoms with Crippen LogP contribution in [0.25, 0.3) is 0 Å². The van der Waals surface area contributed by atoms with Crippen LogP contribution in [0, 0.1) is 17.8 Å². The van der Waals surface area contributed by atoms with Gasteiger partial charge in [-0.1, -0.05) is 26.0 Å². The highest BCUT2D eigenvalue weighted by atomic mass is 16.7. The second-order valence-electron chi connectivity index (χ2n) is 14.4. The molecule has 0 unspecified atom stereocenters. The molecule has 4 fully saturated rings. The van der Waals surface area contributed by atoms with Crippen LogP contribution in [0.15, 0.2) is 36.4 Å². The summed E-state index contributed by atoms with van der Waals surface area (Å²) >= 11 is 0. The Morgan fingerprint density at radius 1 is 0.685 bits per heavy atom. The van der Waals surface area contributed by atoms with E-state index in [-0.39, 0.29) is 54.5 Å². The summed E-state index contributed by atoms with van der Waals surface area (Å²) in [5, 5.41) is 71.9. The van der Waals surface area contributed by atoms with Crippen LogP contribution >= 0.6 is 0 Å². The van der Waals surface area contributed by atoms with Crippen molar-refractivity contribution in [2.24, 2.45) is 17.8 Å². The Balaban J connectivity index is 1.11. The van der Waals surface area contributed by atoms with Gasteiger partial charge in [0.2, 0.25) is 12.6 Å². The zero-order valence-corrected chi connectivity index (χ0v) is 30.4. The maximum atomic E-state index is 12.1. The van der Waals surface area contributed by atoms with E-state index in [0.717, 1.165) is 11.1 Å². The Bertz CT molecular complexity index is 1570. The number of hydrogen-bond acceptors (Lipinski definition) is 17. The number of carbonyl (C=O) groups is 1. The fourth-order valence-electron chi connectivity index (χ4n) is 7.29. The van der Waals surface area contributed by atoms with E-state index in [2.05, 4.69) is 0 Å². The minimum absolute atomic E-state index is 0.0379. The number of aliphatic hydroxyl groups excluding tert-OH is 7. The maximum absolute atomic E-state index is 12.1. The molecule has 4 aliphatic heterocycles. The van der Waals surface area contributed by atoms with Gasteiger partial charge in [-0.05, 0) is 41.3 Å². The second-order valence-corrected chi connectivity index (χ2v) is 14.4. The Kier molecular flexibility index (Phi) is 12.9. The summed E-state index contributed by atoms with van der Waals surface area (Å²) in [7, 11) is 2.90. The predicted molar refractivity (Wildman–Crippen MR) is 182 cm³/mol. The zero-order valence-electron chi connectivity index (χ0n) is 30.4. The fourth-order valence-corrected chi connectivity index (χ4v) is 7.29. The molecule has 7 N–H and O–H groups in total. The summed E-state index contributed by atoms with van der Waals surface area (Å²) in [6.45, 7) is 3.56. The number of benzene rings is 2. The number of rotatable bonds is 13. The average molecular weight is 767 g/mol. The molecule has 0 bridgehead atoms. The first-order valence-electron chi connectivity index (χ1n) is 17.9. The van der Waals surface area contributed by atoms with Crippen LogP contribution in [0.5, 0.6) is 23.0 Å². The lowest BCUT2D eigenvalue weighted by Crippen LogP contribution is -2.60. The molecular formula is C37H50O17. The van der Waals surface area contributed by atoms with E-state index in [1.165, 1.54) is 14.2 Å². The van der Waals surface area contributed by atoms with Crippen LogP contribution in [0.3, 0.4) is 0 Å². The van der Waals surface area contributed by atoms with E-state index >= 15 is 0 Å². The van der Waals surface area contributed by atoms with Gasteiger partial charge in [0.1, 0.15) is 55.4 Å². The number of carbonyl (C=O) groups excluding carboxylic acids is 1. The van der Waals surface area contributed by atoms with Crippen LogP contribution in [0.1, 0.15) is 43.6 Å². The van der Waals surface area contributed by atoms with Gasteiger partial charge < -0.3 is 78.4 Å². The standard InChI is InChI=1S/C37H50O17/c1-16(2)9-27(39)48-15-26-29(41)31(43)33(45)37(54-26)52-22-8-6-18(11-24(22)47-4)35-20-14-49-34(19(20)13-50-35)17-5-7-21(23(10-17)46-3)51-36-32(44)30(42)28(40)25(12-38)53-36/h5-8,10-11,16,19-20,25-26,28-38,40-45H,9,12-15H2,1-4H3/t19-,20-,25-,26-,28-,29-,30+,31+,32-,33-,34+,35+,36-,37-/m0/s1. The van der Waals surface area contributed by atoms with Gasteiger partial charge in [-0.2, -0.15) is 0 Å². The number of methoxy groups -OCH3 is 2. The highest BCUT2D eigenvalue weighted by molar-refractivity contribution is 5.69. The number of ether oxygens (including phenoxy) is 9.